The summed E-state index contributed by atoms with van der Waals surface area (Å²) in [5.74, 6) is -0.197. The predicted octanol–water partition coefficient (Wildman–Crippen LogP) is 2.38. The Hall–Kier alpha value is -2.15. The molecule has 0 spiro atoms. The maximum atomic E-state index is 12.1. The van der Waals surface area contributed by atoms with Gasteiger partial charge < -0.3 is 14.6 Å². The minimum atomic E-state index is -0.521. The minimum Gasteiger partial charge on any atom is -0.464 e. The van der Waals surface area contributed by atoms with Gasteiger partial charge in [-0.05, 0) is 31.2 Å². The Kier molecular flexibility index (Phi) is 4.74. The number of hydrogen-bond acceptors (Lipinski definition) is 4. The first-order valence-electron chi connectivity index (χ1n) is 6.17. The summed E-state index contributed by atoms with van der Waals surface area (Å²) in [6.45, 7) is 1.71. The largest absolute Gasteiger partial charge is 0.464 e. The quantitative estimate of drug-likeness (QED) is 0.858. The van der Waals surface area contributed by atoms with Crippen LogP contribution < -0.4 is 5.32 Å². The number of halogens is 1. The highest BCUT2D eigenvalue weighted by Gasteiger charge is 2.17. The van der Waals surface area contributed by atoms with E-state index in [1.165, 1.54) is 17.9 Å². The number of amides is 1. The standard InChI is InChI=1S/C14H14BrN3O3/c1-9-16-7-12(14(20)21-2)18(9)8-13(19)17-11-5-3-10(15)4-6-11/h3-7H,8H2,1-2H3,(H,17,19). The van der Waals surface area contributed by atoms with Crippen molar-refractivity contribution >= 4 is 33.5 Å². The smallest absolute Gasteiger partial charge is 0.356 e. The summed E-state index contributed by atoms with van der Waals surface area (Å²) in [6.07, 6.45) is 1.40. The topological polar surface area (TPSA) is 73.2 Å². The molecule has 1 N–H and O–H groups in total. The molecule has 0 bridgehead atoms. The zero-order chi connectivity index (χ0) is 15.4. The van der Waals surface area contributed by atoms with Crippen LogP contribution in [0.2, 0.25) is 0 Å². The van der Waals surface area contributed by atoms with Crippen LogP contribution in [0.5, 0.6) is 0 Å². The summed E-state index contributed by atoms with van der Waals surface area (Å²) in [7, 11) is 1.29. The number of carbonyl (C=O) groups is 2. The van der Waals surface area contributed by atoms with Crippen molar-refractivity contribution in [2.75, 3.05) is 12.4 Å². The molecule has 0 fully saturated rings. The molecule has 6 nitrogen and oxygen atoms in total. The first-order valence-corrected chi connectivity index (χ1v) is 6.96. The molecule has 0 aliphatic rings. The lowest BCUT2D eigenvalue weighted by Gasteiger charge is -2.10. The molecule has 0 radical (unpaired) electrons. The molecule has 1 aromatic carbocycles. The van der Waals surface area contributed by atoms with Crippen molar-refractivity contribution in [2.45, 2.75) is 13.5 Å². The number of carbonyl (C=O) groups excluding carboxylic acids is 2. The summed E-state index contributed by atoms with van der Waals surface area (Å²) in [6, 6.07) is 7.23. The summed E-state index contributed by atoms with van der Waals surface area (Å²) in [5.41, 5.74) is 0.932. The van der Waals surface area contributed by atoms with E-state index in [0.717, 1.165) is 4.47 Å². The van der Waals surface area contributed by atoms with Crippen molar-refractivity contribution in [1.29, 1.82) is 0 Å². The van der Waals surface area contributed by atoms with Gasteiger partial charge in [-0.15, -0.1) is 0 Å². The third kappa shape index (κ3) is 3.69. The van der Waals surface area contributed by atoms with E-state index in [1.54, 1.807) is 19.1 Å². The molecular weight excluding hydrogens is 338 g/mol. The second-order valence-electron chi connectivity index (χ2n) is 4.32. The van der Waals surface area contributed by atoms with Crippen LogP contribution in [0.25, 0.3) is 0 Å². The van der Waals surface area contributed by atoms with Crippen molar-refractivity contribution in [1.82, 2.24) is 9.55 Å². The number of benzene rings is 1. The first kappa shape index (κ1) is 15.2. The van der Waals surface area contributed by atoms with Gasteiger partial charge in [-0.3, -0.25) is 4.79 Å². The van der Waals surface area contributed by atoms with Crippen LogP contribution in [0.4, 0.5) is 5.69 Å². The number of anilines is 1. The highest BCUT2D eigenvalue weighted by atomic mass is 79.9. The molecule has 0 unspecified atom stereocenters. The van der Waals surface area contributed by atoms with E-state index in [0.29, 0.717) is 11.5 Å². The number of nitrogens with one attached hydrogen (secondary N) is 1. The van der Waals surface area contributed by atoms with Crippen LogP contribution >= 0.6 is 15.9 Å². The Morgan fingerprint density at radius 2 is 2.00 bits per heavy atom. The molecular formula is C14H14BrN3O3. The van der Waals surface area contributed by atoms with Gasteiger partial charge in [0.1, 0.15) is 18.1 Å². The van der Waals surface area contributed by atoms with Crippen molar-refractivity contribution in [3.05, 3.63) is 46.5 Å². The van der Waals surface area contributed by atoms with Gasteiger partial charge in [0.15, 0.2) is 0 Å². The van der Waals surface area contributed by atoms with Crippen molar-refractivity contribution < 1.29 is 14.3 Å². The average molecular weight is 352 g/mol. The Morgan fingerprint density at radius 3 is 2.62 bits per heavy atom. The number of hydrogen-bond donors (Lipinski definition) is 1. The molecule has 1 amide bonds. The van der Waals surface area contributed by atoms with Gasteiger partial charge >= 0.3 is 5.97 Å². The lowest BCUT2D eigenvalue weighted by molar-refractivity contribution is -0.116. The average Bonchev–Trinajstić information content (AvgIpc) is 2.82. The Morgan fingerprint density at radius 1 is 1.33 bits per heavy atom. The van der Waals surface area contributed by atoms with Crippen LogP contribution in [0.15, 0.2) is 34.9 Å². The van der Waals surface area contributed by atoms with Gasteiger partial charge in [0, 0.05) is 10.2 Å². The number of aromatic nitrogens is 2. The van der Waals surface area contributed by atoms with Gasteiger partial charge in [0.05, 0.1) is 13.3 Å². The molecule has 0 aliphatic carbocycles. The third-order valence-corrected chi connectivity index (χ3v) is 3.41. The van der Waals surface area contributed by atoms with Crippen LogP contribution in [0.1, 0.15) is 16.3 Å². The normalized spacial score (nSPS) is 10.2. The van der Waals surface area contributed by atoms with Crippen LogP contribution in [-0.2, 0) is 16.1 Å². The highest BCUT2D eigenvalue weighted by Crippen LogP contribution is 2.14. The highest BCUT2D eigenvalue weighted by molar-refractivity contribution is 9.10. The fraction of sp³-hybridized carbons (Fsp3) is 0.214. The number of methoxy groups -OCH3 is 1. The number of esters is 1. The van der Waals surface area contributed by atoms with Crippen molar-refractivity contribution in [2.24, 2.45) is 0 Å². The minimum absolute atomic E-state index is 0.00761. The van der Waals surface area contributed by atoms with E-state index in [1.807, 2.05) is 12.1 Å². The van der Waals surface area contributed by atoms with Crippen molar-refractivity contribution in [3.63, 3.8) is 0 Å². The molecule has 0 aliphatic heterocycles. The third-order valence-electron chi connectivity index (χ3n) is 2.88. The number of aryl methyl sites for hydroxylation is 1. The number of imidazole rings is 1. The molecule has 1 heterocycles. The maximum absolute atomic E-state index is 12.1. The molecule has 21 heavy (non-hydrogen) atoms. The van der Waals surface area contributed by atoms with E-state index in [2.05, 4.69) is 31.0 Å². The second-order valence-corrected chi connectivity index (χ2v) is 5.24. The monoisotopic (exact) mass is 351 g/mol. The SMILES string of the molecule is COC(=O)c1cnc(C)n1CC(=O)Nc1ccc(Br)cc1. The maximum Gasteiger partial charge on any atom is 0.356 e. The van der Waals surface area contributed by atoms with E-state index in [9.17, 15) is 9.59 Å². The van der Waals surface area contributed by atoms with Gasteiger partial charge in [-0.2, -0.15) is 0 Å². The summed E-state index contributed by atoms with van der Waals surface area (Å²) < 4.78 is 7.11. The lowest BCUT2D eigenvalue weighted by Crippen LogP contribution is -2.22. The van der Waals surface area contributed by atoms with E-state index in [-0.39, 0.29) is 18.1 Å². The number of nitrogens with zero attached hydrogens (tertiary/aromatic N) is 2. The van der Waals surface area contributed by atoms with Crippen LogP contribution in [-0.4, -0.2) is 28.5 Å². The first-order chi connectivity index (χ1) is 10.0. The zero-order valence-corrected chi connectivity index (χ0v) is 13.2. The second kappa shape index (κ2) is 6.53. The van der Waals surface area contributed by atoms with Crippen molar-refractivity contribution in [3.8, 4) is 0 Å². The summed E-state index contributed by atoms with van der Waals surface area (Å²) >= 11 is 3.33. The lowest BCUT2D eigenvalue weighted by atomic mass is 10.3. The molecule has 2 aromatic rings. The van der Waals surface area contributed by atoms with E-state index < -0.39 is 5.97 Å². The number of rotatable bonds is 4. The molecule has 1 aromatic heterocycles. The molecule has 0 saturated heterocycles. The predicted molar refractivity (Wildman–Crippen MR) is 81.1 cm³/mol. The molecule has 2 rings (SSSR count). The Bertz CT molecular complexity index is 665. The summed E-state index contributed by atoms with van der Waals surface area (Å²) in [5, 5.41) is 2.76. The molecule has 7 heteroatoms. The molecule has 110 valence electrons. The Balaban J connectivity index is 2.11. The fourth-order valence-electron chi connectivity index (χ4n) is 1.81. The van der Waals surface area contributed by atoms with Crippen LogP contribution in [0, 0.1) is 6.92 Å². The fourth-order valence-corrected chi connectivity index (χ4v) is 2.08. The summed E-state index contributed by atoms with van der Waals surface area (Å²) in [4.78, 5) is 27.7. The van der Waals surface area contributed by atoms with Gasteiger partial charge in [-0.1, -0.05) is 15.9 Å². The van der Waals surface area contributed by atoms with Gasteiger partial charge in [-0.25, -0.2) is 9.78 Å². The van der Waals surface area contributed by atoms with Gasteiger partial charge in [0.2, 0.25) is 5.91 Å². The van der Waals surface area contributed by atoms with E-state index >= 15 is 0 Å². The van der Waals surface area contributed by atoms with Gasteiger partial charge in [0.25, 0.3) is 0 Å². The van der Waals surface area contributed by atoms with E-state index in [4.69, 9.17) is 0 Å². The molecule has 0 saturated carbocycles. The zero-order valence-electron chi connectivity index (χ0n) is 11.6. The van der Waals surface area contributed by atoms with Crippen LogP contribution in [0.3, 0.4) is 0 Å². The Labute approximate surface area is 130 Å². The number of ether oxygens (including phenoxy) is 1. The molecule has 0 atom stereocenters.